The van der Waals surface area contributed by atoms with Crippen LogP contribution in [0, 0.1) is 11.8 Å². The van der Waals surface area contributed by atoms with E-state index < -0.39 is 11.9 Å². The summed E-state index contributed by atoms with van der Waals surface area (Å²) in [6.07, 6.45) is 5.98. The lowest BCUT2D eigenvalue weighted by molar-refractivity contribution is -0.152. The van der Waals surface area contributed by atoms with Crippen molar-refractivity contribution in [1.29, 1.82) is 0 Å². The highest BCUT2D eigenvalue weighted by atomic mass is 31.1. The molecule has 22 heavy (non-hydrogen) atoms. The monoisotopic (exact) mass is 332 g/mol. The van der Waals surface area contributed by atoms with Gasteiger partial charge in [0.05, 0.1) is 6.10 Å². The van der Waals surface area contributed by atoms with E-state index in [0.29, 0.717) is 20.6 Å². The molecule has 1 saturated heterocycles. The van der Waals surface area contributed by atoms with Gasteiger partial charge < -0.3 is 19.1 Å². The van der Waals surface area contributed by atoms with Crippen LogP contribution in [0.4, 0.5) is 0 Å². The molecule has 0 saturated carbocycles. The molecule has 0 aromatic rings. The molecular formula is C17H33O4P. The molecule has 0 aliphatic carbocycles. The van der Waals surface area contributed by atoms with Crippen molar-refractivity contribution in [3.63, 3.8) is 0 Å². The van der Waals surface area contributed by atoms with E-state index in [0.717, 1.165) is 19.0 Å². The molecule has 1 heterocycles. The van der Waals surface area contributed by atoms with Crippen LogP contribution in [0.1, 0.15) is 47.5 Å². The zero-order chi connectivity index (χ0) is 16.8. The summed E-state index contributed by atoms with van der Waals surface area (Å²) in [4.78, 5) is 0. The lowest BCUT2D eigenvalue weighted by atomic mass is 9.95. The van der Waals surface area contributed by atoms with E-state index in [4.69, 9.17) is 14.0 Å². The van der Waals surface area contributed by atoms with Crippen molar-refractivity contribution in [2.45, 2.75) is 71.6 Å². The number of rotatable bonds is 9. The predicted octanol–water partition coefficient (Wildman–Crippen LogP) is 3.74. The summed E-state index contributed by atoms with van der Waals surface area (Å²) in [7, 11) is 2.28. The molecule has 1 fully saturated rings. The van der Waals surface area contributed by atoms with Crippen LogP contribution in [0.5, 0.6) is 0 Å². The molecular weight excluding hydrogens is 299 g/mol. The van der Waals surface area contributed by atoms with Gasteiger partial charge in [-0.3, -0.25) is 0 Å². The largest absolute Gasteiger partial charge is 0.386 e. The van der Waals surface area contributed by atoms with E-state index in [9.17, 15) is 5.11 Å². The summed E-state index contributed by atoms with van der Waals surface area (Å²) in [6.45, 7) is 10.3. The Hall–Kier alpha value is 0.01000. The number of hydrogen-bond acceptors (Lipinski definition) is 4. The SMILES string of the molecule is CCC[C@@H]1OC(C)(C)O[C@@H]1C(O)/C=C\[C@@H](C)[C@@H](C)CPOC. The van der Waals surface area contributed by atoms with Gasteiger partial charge >= 0.3 is 0 Å². The number of ether oxygens (including phenoxy) is 2. The second kappa shape index (κ2) is 9.34. The highest BCUT2D eigenvalue weighted by molar-refractivity contribution is 7.32. The standard InChI is InChI=1S/C17H33O4P/c1-7-8-15-16(21-17(4,5)20-15)14(18)10-9-12(2)13(3)11-22-19-6/h9-10,12-16,18,22H,7-8,11H2,1-6H3/b10-9-/t12-,13+,14?,15+,16-/m1/s1. The molecule has 5 heteroatoms. The molecule has 1 N–H and O–H groups in total. The number of allylic oxidation sites excluding steroid dienone is 1. The Morgan fingerprint density at radius 1 is 1.27 bits per heavy atom. The molecule has 0 aromatic heterocycles. The van der Waals surface area contributed by atoms with Gasteiger partial charge in [0.15, 0.2) is 5.79 Å². The fraction of sp³-hybridized carbons (Fsp3) is 0.882. The third-order valence-electron chi connectivity index (χ3n) is 4.19. The van der Waals surface area contributed by atoms with E-state index in [1.807, 2.05) is 19.9 Å². The number of hydrogen-bond donors (Lipinski definition) is 1. The van der Waals surface area contributed by atoms with Gasteiger partial charge in [0.2, 0.25) is 0 Å². The third-order valence-corrected chi connectivity index (χ3v) is 5.29. The van der Waals surface area contributed by atoms with Gasteiger partial charge in [-0.25, -0.2) is 0 Å². The van der Waals surface area contributed by atoms with E-state index in [2.05, 4.69) is 26.8 Å². The van der Waals surface area contributed by atoms with E-state index in [1.165, 1.54) is 0 Å². The van der Waals surface area contributed by atoms with E-state index in [1.54, 1.807) is 7.11 Å². The van der Waals surface area contributed by atoms with E-state index in [-0.39, 0.29) is 12.2 Å². The van der Waals surface area contributed by atoms with Crippen molar-refractivity contribution in [3.05, 3.63) is 12.2 Å². The lowest BCUT2D eigenvalue weighted by Crippen LogP contribution is -2.34. The maximum atomic E-state index is 10.5. The predicted molar refractivity (Wildman–Crippen MR) is 92.4 cm³/mol. The molecule has 0 aromatic carbocycles. The summed E-state index contributed by atoms with van der Waals surface area (Å²) in [5.41, 5.74) is 0. The van der Waals surface area contributed by atoms with Gasteiger partial charge in [-0.15, -0.1) is 0 Å². The zero-order valence-corrected chi connectivity index (χ0v) is 15.8. The van der Waals surface area contributed by atoms with Crippen molar-refractivity contribution >= 4 is 8.81 Å². The van der Waals surface area contributed by atoms with Crippen LogP contribution >= 0.6 is 8.81 Å². The molecule has 0 amide bonds. The molecule has 0 radical (unpaired) electrons. The molecule has 1 rings (SSSR count). The van der Waals surface area contributed by atoms with Crippen LogP contribution in [-0.4, -0.2) is 42.5 Å². The number of aliphatic hydroxyl groups excluding tert-OH is 1. The first kappa shape index (κ1) is 20.1. The normalized spacial score (nSPS) is 29.4. The van der Waals surface area contributed by atoms with E-state index >= 15 is 0 Å². The summed E-state index contributed by atoms with van der Waals surface area (Å²) in [6, 6.07) is 0. The Morgan fingerprint density at radius 2 is 1.95 bits per heavy atom. The van der Waals surface area contributed by atoms with Gasteiger partial charge in [0, 0.05) is 15.9 Å². The first-order valence-electron chi connectivity index (χ1n) is 8.28. The summed E-state index contributed by atoms with van der Waals surface area (Å²) < 4.78 is 16.9. The summed E-state index contributed by atoms with van der Waals surface area (Å²) in [5.74, 6) is 0.320. The van der Waals surface area contributed by atoms with Crippen LogP contribution in [0.2, 0.25) is 0 Å². The minimum absolute atomic E-state index is 0.0395. The van der Waals surface area contributed by atoms with Crippen molar-refractivity contribution < 1.29 is 19.1 Å². The quantitative estimate of drug-likeness (QED) is 0.516. The second-order valence-corrected chi connectivity index (χ2v) is 7.80. The smallest absolute Gasteiger partial charge is 0.163 e. The fourth-order valence-electron chi connectivity index (χ4n) is 2.65. The molecule has 0 spiro atoms. The van der Waals surface area contributed by atoms with Crippen molar-refractivity contribution in [3.8, 4) is 0 Å². The van der Waals surface area contributed by atoms with Crippen LogP contribution in [0.3, 0.4) is 0 Å². The Bertz CT molecular complexity index is 346. The van der Waals surface area contributed by atoms with Crippen LogP contribution in [-0.2, 0) is 14.0 Å². The number of aliphatic hydroxyl groups is 1. The Labute approximate surface area is 137 Å². The van der Waals surface area contributed by atoms with Crippen LogP contribution in [0.25, 0.3) is 0 Å². The van der Waals surface area contributed by atoms with Gasteiger partial charge in [-0.1, -0.05) is 39.3 Å². The average Bonchev–Trinajstić information content (AvgIpc) is 2.77. The van der Waals surface area contributed by atoms with Crippen molar-refractivity contribution in [1.82, 2.24) is 0 Å². The summed E-state index contributed by atoms with van der Waals surface area (Å²) in [5, 5.41) is 10.5. The second-order valence-electron chi connectivity index (χ2n) is 6.69. The molecule has 130 valence electrons. The highest BCUT2D eigenvalue weighted by Gasteiger charge is 2.43. The molecule has 1 aliphatic heterocycles. The summed E-state index contributed by atoms with van der Waals surface area (Å²) >= 11 is 0. The van der Waals surface area contributed by atoms with Crippen molar-refractivity contribution in [2.24, 2.45) is 11.8 Å². The molecule has 4 nitrogen and oxygen atoms in total. The molecule has 1 aliphatic rings. The molecule has 2 unspecified atom stereocenters. The van der Waals surface area contributed by atoms with Crippen molar-refractivity contribution in [2.75, 3.05) is 13.3 Å². The van der Waals surface area contributed by atoms with Gasteiger partial charge in [-0.2, -0.15) is 0 Å². The van der Waals surface area contributed by atoms with Crippen LogP contribution in [0.15, 0.2) is 12.2 Å². The Balaban J connectivity index is 2.58. The maximum absolute atomic E-state index is 10.5. The lowest BCUT2D eigenvalue weighted by Gasteiger charge is -2.21. The fourth-order valence-corrected chi connectivity index (χ4v) is 3.45. The minimum atomic E-state index is -0.627. The van der Waals surface area contributed by atoms with Gasteiger partial charge in [0.1, 0.15) is 12.2 Å². The minimum Gasteiger partial charge on any atom is -0.386 e. The first-order chi connectivity index (χ1) is 10.3. The average molecular weight is 332 g/mol. The zero-order valence-electron chi connectivity index (χ0n) is 14.8. The Kier molecular flexibility index (Phi) is 8.52. The Morgan fingerprint density at radius 3 is 2.55 bits per heavy atom. The molecule has 6 atom stereocenters. The van der Waals surface area contributed by atoms with Crippen LogP contribution < -0.4 is 0 Å². The van der Waals surface area contributed by atoms with Gasteiger partial charge in [0.25, 0.3) is 0 Å². The topological polar surface area (TPSA) is 47.9 Å². The first-order valence-corrected chi connectivity index (χ1v) is 9.40. The highest BCUT2D eigenvalue weighted by Crippen LogP contribution is 2.33. The maximum Gasteiger partial charge on any atom is 0.163 e. The molecule has 0 bridgehead atoms. The van der Waals surface area contributed by atoms with Gasteiger partial charge in [-0.05, 0) is 38.3 Å². The third kappa shape index (κ3) is 6.25.